The molecule has 3 heterocycles. The molecule has 8 nitrogen and oxygen atoms in total. The molecule has 1 saturated heterocycles. The van der Waals surface area contributed by atoms with Gasteiger partial charge < -0.3 is 15.6 Å². The van der Waals surface area contributed by atoms with Gasteiger partial charge in [-0.3, -0.25) is 4.79 Å². The van der Waals surface area contributed by atoms with Crippen molar-refractivity contribution in [1.82, 2.24) is 35.6 Å². The lowest BCUT2D eigenvalue weighted by Gasteiger charge is -2.22. The number of hydrogen-bond acceptors (Lipinski definition) is 5. The SMILES string of the molecule is CC(NC(=O)c1cn(C2CCNCC2)nn1)c1nc2ccccc2[nH]1. The second-order valence-corrected chi connectivity index (χ2v) is 6.40. The largest absolute Gasteiger partial charge is 0.341 e. The van der Waals surface area contributed by atoms with E-state index in [-0.39, 0.29) is 11.9 Å². The van der Waals surface area contributed by atoms with Crippen LogP contribution in [-0.4, -0.2) is 44.0 Å². The summed E-state index contributed by atoms with van der Waals surface area (Å²) in [5.74, 6) is 0.480. The summed E-state index contributed by atoms with van der Waals surface area (Å²) in [5.41, 5.74) is 2.17. The molecule has 0 radical (unpaired) electrons. The van der Waals surface area contributed by atoms with E-state index in [0.29, 0.717) is 11.7 Å². The van der Waals surface area contributed by atoms with E-state index >= 15 is 0 Å². The number of fused-ring (bicyclic) bond motifs is 1. The second-order valence-electron chi connectivity index (χ2n) is 6.40. The van der Waals surface area contributed by atoms with Gasteiger partial charge in [0.15, 0.2) is 5.69 Å². The van der Waals surface area contributed by atoms with Gasteiger partial charge in [0.1, 0.15) is 5.82 Å². The normalized spacial score (nSPS) is 16.8. The first-order chi connectivity index (χ1) is 12.2. The molecule has 1 aliphatic rings. The minimum Gasteiger partial charge on any atom is -0.341 e. The Hall–Kier alpha value is -2.74. The molecule has 130 valence electrons. The Morgan fingerprint density at radius 2 is 2.12 bits per heavy atom. The number of hydrogen-bond donors (Lipinski definition) is 3. The molecule has 3 N–H and O–H groups in total. The fraction of sp³-hybridized carbons (Fsp3) is 0.412. The van der Waals surface area contributed by atoms with Gasteiger partial charge in [0.2, 0.25) is 0 Å². The third kappa shape index (κ3) is 3.25. The van der Waals surface area contributed by atoms with Gasteiger partial charge in [-0.25, -0.2) is 9.67 Å². The summed E-state index contributed by atoms with van der Waals surface area (Å²) in [5, 5.41) is 14.4. The molecule has 1 aliphatic heterocycles. The van der Waals surface area contributed by atoms with Crippen LogP contribution in [0.15, 0.2) is 30.5 Å². The zero-order valence-electron chi connectivity index (χ0n) is 14.1. The zero-order chi connectivity index (χ0) is 17.2. The van der Waals surface area contributed by atoms with Gasteiger partial charge in [-0.1, -0.05) is 17.3 Å². The molecule has 0 bridgehead atoms. The van der Waals surface area contributed by atoms with E-state index in [1.54, 1.807) is 6.20 Å². The summed E-state index contributed by atoms with van der Waals surface area (Å²) in [6.45, 7) is 3.83. The summed E-state index contributed by atoms with van der Waals surface area (Å²) in [7, 11) is 0. The molecule has 0 spiro atoms. The maximum atomic E-state index is 12.5. The molecule has 25 heavy (non-hydrogen) atoms. The Labute approximate surface area is 145 Å². The number of aromatic nitrogens is 5. The van der Waals surface area contributed by atoms with E-state index < -0.39 is 0 Å². The number of amides is 1. The summed E-state index contributed by atoms with van der Waals surface area (Å²) in [4.78, 5) is 20.2. The monoisotopic (exact) mass is 339 g/mol. The van der Waals surface area contributed by atoms with Crippen molar-refractivity contribution >= 4 is 16.9 Å². The first-order valence-corrected chi connectivity index (χ1v) is 8.59. The smallest absolute Gasteiger partial charge is 0.274 e. The van der Waals surface area contributed by atoms with Crippen LogP contribution in [0.5, 0.6) is 0 Å². The van der Waals surface area contributed by atoms with Gasteiger partial charge in [0.25, 0.3) is 5.91 Å². The lowest BCUT2D eigenvalue weighted by atomic mass is 10.1. The lowest BCUT2D eigenvalue weighted by molar-refractivity contribution is 0.0933. The maximum absolute atomic E-state index is 12.5. The van der Waals surface area contributed by atoms with Crippen LogP contribution in [0.4, 0.5) is 0 Å². The molecular formula is C17H21N7O. The van der Waals surface area contributed by atoms with Crippen molar-refractivity contribution in [2.75, 3.05) is 13.1 Å². The number of para-hydroxylation sites is 2. The molecular weight excluding hydrogens is 318 g/mol. The third-order valence-electron chi connectivity index (χ3n) is 4.59. The van der Waals surface area contributed by atoms with Crippen LogP contribution in [0.3, 0.4) is 0 Å². The van der Waals surface area contributed by atoms with Crippen molar-refractivity contribution in [3.8, 4) is 0 Å². The van der Waals surface area contributed by atoms with Crippen LogP contribution in [0.25, 0.3) is 11.0 Å². The van der Waals surface area contributed by atoms with Crippen molar-refractivity contribution in [2.45, 2.75) is 31.8 Å². The first-order valence-electron chi connectivity index (χ1n) is 8.59. The number of aromatic amines is 1. The Morgan fingerprint density at radius 3 is 2.92 bits per heavy atom. The van der Waals surface area contributed by atoms with Crippen molar-refractivity contribution in [3.63, 3.8) is 0 Å². The number of nitrogens with zero attached hydrogens (tertiary/aromatic N) is 4. The van der Waals surface area contributed by atoms with E-state index in [4.69, 9.17) is 0 Å². The van der Waals surface area contributed by atoms with Gasteiger partial charge in [-0.05, 0) is 45.0 Å². The number of nitrogens with one attached hydrogen (secondary N) is 3. The molecule has 4 rings (SSSR count). The van der Waals surface area contributed by atoms with Crippen molar-refractivity contribution in [1.29, 1.82) is 0 Å². The Kier molecular flexibility index (Phi) is 4.19. The van der Waals surface area contributed by atoms with Crippen molar-refractivity contribution in [3.05, 3.63) is 42.0 Å². The predicted molar refractivity (Wildman–Crippen MR) is 93.1 cm³/mol. The average molecular weight is 339 g/mol. The molecule has 1 amide bonds. The molecule has 2 aromatic heterocycles. The number of imidazole rings is 1. The molecule has 0 saturated carbocycles. The van der Waals surface area contributed by atoms with Gasteiger partial charge in [-0.2, -0.15) is 0 Å². The van der Waals surface area contributed by atoms with Crippen LogP contribution < -0.4 is 10.6 Å². The summed E-state index contributed by atoms with van der Waals surface area (Å²) >= 11 is 0. The van der Waals surface area contributed by atoms with Gasteiger partial charge in [-0.15, -0.1) is 5.10 Å². The van der Waals surface area contributed by atoms with Gasteiger partial charge in [0.05, 0.1) is 29.3 Å². The van der Waals surface area contributed by atoms with Crippen LogP contribution in [0.1, 0.15) is 48.2 Å². The number of piperidine rings is 1. The average Bonchev–Trinajstić information content (AvgIpc) is 3.29. The van der Waals surface area contributed by atoms with Gasteiger partial charge in [0, 0.05) is 0 Å². The van der Waals surface area contributed by atoms with E-state index in [1.165, 1.54) is 0 Å². The molecule has 1 fully saturated rings. The first kappa shape index (κ1) is 15.8. The summed E-state index contributed by atoms with van der Waals surface area (Å²) in [6, 6.07) is 7.86. The highest BCUT2D eigenvalue weighted by Crippen LogP contribution is 2.18. The highest BCUT2D eigenvalue weighted by Gasteiger charge is 2.20. The molecule has 3 aromatic rings. The predicted octanol–water partition coefficient (Wildman–Crippen LogP) is 1.57. The van der Waals surface area contributed by atoms with Crippen LogP contribution >= 0.6 is 0 Å². The number of carbonyl (C=O) groups excluding carboxylic acids is 1. The zero-order valence-corrected chi connectivity index (χ0v) is 14.1. The fourth-order valence-electron chi connectivity index (χ4n) is 3.15. The van der Waals surface area contributed by atoms with Crippen molar-refractivity contribution in [2.24, 2.45) is 0 Å². The molecule has 1 unspecified atom stereocenters. The van der Waals surface area contributed by atoms with Crippen LogP contribution in [-0.2, 0) is 0 Å². The molecule has 0 aliphatic carbocycles. The molecule has 1 aromatic carbocycles. The van der Waals surface area contributed by atoms with Gasteiger partial charge >= 0.3 is 0 Å². The number of benzene rings is 1. The highest BCUT2D eigenvalue weighted by atomic mass is 16.2. The molecule has 1 atom stereocenters. The highest BCUT2D eigenvalue weighted by molar-refractivity contribution is 5.92. The van der Waals surface area contributed by atoms with E-state index in [9.17, 15) is 4.79 Å². The minimum absolute atomic E-state index is 0.242. The Bertz CT molecular complexity index is 845. The lowest BCUT2D eigenvalue weighted by Crippen LogP contribution is -2.29. The Morgan fingerprint density at radius 1 is 1.32 bits per heavy atom. The van der Waals surface area contributed by atoms with Crippen LogP contribution in [0.2, 0.25) is 0 Å². The number of carbonyl (C=O) groups is 1. The van der Waals surface area contributed by atoms with E-state index in [0.717, 1.165) is 42.8 Å². The van der Waals surface area contributed by atoms with E-state index in [2.05, 4.69) is 30.9 Å². The number of rotatable bonds is 4. The maximum Gasteiger partial charge on any atom is 0.274 e. The minimum atomic E-state index is -0.246. The van der Waals surface area contributed by atoms with Crippen LogP contribution in [0, 0.1) is 0 Å². The molecule has 8 heteroatoms. The summed E-state index contributed by atoms with van der Waals surface area (Å²) in [6.07, 6.45) is 3.73. The topological polar surface area (TPSA) is 101 Å². The summed E-state index contributed by atoms with van der Waals surface area (Å²) < 4.78 is 1.81. The quantitative estimate of drug-likeness (QED) is 0.670. The third-order valence-corrected chi connectivity index (χ3v) is 4.59. The number of H-pyrrole nitrogens is 1. The fourth-order valence-corrected chi connectivity index (χ4v) is 3.15. The second kappa shape index (κ2) is 6.64. The van der Waals surface area contributed by atoms with E-state index in [1.807, 2.05) is 35.9 Å². The standard InChI is InChI=1S/C17H21N7O/c1-11(16-20-13-4-2-3-5-14(13)21-16)19-17(25)15-10-24(23-22-15)12-6-8-18-9-7-12/h2-5,10-12,18H,6-9H2,1H3,(H,19,25)(H,20,21). The Balaban J connectivity index is 1.45. The van der Waals surface area contributed by atoms with Crippen molar-refractivity contribution < 1.29 is 4.79 Å².